The standard InChI is InChI=1S/C17H17ClFN3O4S/c1-10(13-8-11(18)4-7-16(13)23)20-21-17(24)14-9-12(5-6-15(14)19)27(25,26)22(2)3/h4-9,23H,1-3H3,(H,21,24). The van der Waals surface area contributed by atoms with Gasteiger partial charge in [0.2, 0.25) is 10.0 Å². The Hall–Kier alpha value is -2.49. The Morgan fingerprint density at radius 1 is 1.19 bits per heavy atom. The molecule has 0 heterocycles. The Morgan fingerprint density at radius 2 is 1.85 bits per heavy atom. The molecule has 0 aliphatic heterocycles. The van der Waals surface area contributed by atoms with Gasteiger partial charge in [0.05, 0.1) is 16.2 Å². The molecule has 0 saturated carbocycles. The maximum Gasteiger partial charge on any atom is 0.274 e. The summed E-state index contributed by atoms with van der Waals surface area (Å²) in [5, 5.41) is 14.0. The van der Waals surface area contributed by atoms with Crippen LogP contribution in [0.5, 0.6) is 5.75 Å². The number of nitrogens with one attached hydrogen (secondary N) is 1. The molecule has 144 valence electrons. The first-order valence-corrected chi connectivity index (χ1v) is 9.41. The lowest BCUT2D eigenvalue weighted by molar-refractivity contribution is 0.0950. The number of hydrogen-bond acceptors (Lipinski definition) is 5. The van der Waals surface area contributed by atoms with Crippen molar-refractivity contribution in [3.05, 3.63) is 58.4 Å². The number of amides is 1. The number of nitrogens with zero attached hydrogens (tertiary/aromatic N) is 2. The number of sulfonamides is 1. The van der Waals surface area contributed by atoms with E-state index in [0.29, 0.717) is 5.02 Å². The van der Waals surface area contributed by atoms with Gasteiger partial charge in [-0.1, -0.05) is 11.6 Å². The van der Waals surface area contributed by atoms with Crippen molar-refractivity contribution in [2.45, 2.75) is 11.8 Å². The zero-order valence-electron chi connectivity index (χ0n) is 14.7. The normalized spacial score (nSPS) is 12.3. The summed E-state index contributed by atoms with van der Waals surface area (Å²) in [6, 6.07) is 7.20. The van der Waals surface area contributed by atoms with E-state index in [-0.39, 0.29) is 21.9 Å². The van der Waals surface area contributed by atoms with Crippen LogP contribution in [0.4, 0.5) is 4.39 Å². The maximum atomic E-state index is 14.0. The Bertz CT molecular complexity index is 1020. The summed E-state index contributed by atoms with van der Waals surface area (Å²) in [5.41, 5.74) is 2.16. The van der Waals surface area contributed by atoms with Gasteiger partial charge in [-0.2, -0.15) is 5.10 Å². The molecule has 1 amide bonds. The monoisotopic (exact) mass is 413 g/mol. The van der Waals surface area contributed by atoms with Crippen LogP contribution < -0.4 is 5.43 Å². The molecule has 0 aliphatic carbocycles. The molecule has 0 aromatic heterocycles. The summed E-state index contributed by atoms with van der Waals surface area (Å²) in [4.78, 5) is 12.0. The van der Waals surface area contributed by atoms with Gasteiger partial charge in [-0.25, -0.2) is 22.5 Å². The number of carbonyl (C=O) groups excluding carboxylic acids is 1. The lowest BCUT2D eigenvalue weighted by Crippen LogP contribution is -2.24. The van der Waals surface area contributed by atoms with E-state index in [1.807, 2.05) is 0 Å². The second-order valence-corrected chi connectivity index (χ2v) is 8.32. The van der Waals surface area contributed by atoms with E-state index in [1.165, 1.54) is 39.2 Å². The van der Waals surface area contributed by atoms with Crippen molar-refractivity contribution in [2.24, 2.45) is 5.10 Å². The van der Waals surface area contributed by atoms with Crippen LogP contribution in [-0.2, 0) is 10.0 Å². The second kappa shape index (κ2) is 8.03. The molecule has 7 nitrogen and oxygen atoms in total. The van der Waals surface area contributed by atoms with Crippen molar-refractivity contribution < 1.29 is 22.7 Å². The number of phenolic OH excluding ortho intramolecular Hbond substituents is 1. The third-order valence-corrected chi connectivity index (χ3v) is 5.68. The molecule has 0 atom stereocenters. The van der Waals surface area contributed by atoms with Gasteiger partial charge in [0.15, 0.2) is 0 Å². The molecule has 0 spiro atoms. The number of aromatic hydroxyl groups is 1. The summed E-state index contributed by atoms with van der Waals surface area (Å²) in [6.07, 6.45) is 0. The number of rotatable bonds is 5. The highest BCUT2D eigenvalue weighted by atomic mass is 35.5. The first-order valence-electron chi connectivity index (χ1n) is 7.59. The quantitative estimate of drug-likeness (QED) is 0.581. The Morgan fingerprint density at radius 3 is 2.48 bits per heavy atom. The van der Waals surface area contributed by atoms with E-state index in [1.54, 1.807) is 0 Å². The molecule has 0 aliphatic rings. The van der Waals surface area contributed by atoms with Gasteiger partial charge in [0.25, 0.3) is 5.91 Å². The Labute approximate surface area is 161 Å². The average molecular weight is 414 g/mol. The van der Waals surface area contributed by atoms with Crippen LogP contribution >= 0.6 is 11.6 Å². The van der Waals surface area contributed by atoms with Gasteiger partial charge >= 0.3 is 0 Å². The van der Waals surface area contributed by atoms with E-state index in [4.69, 9.17) is 11.6 Å². The first-order chi connectivity index (χ1) is 12.5. The van der Waals surface area contributed by atoms with Crippen molar-refractivity contribution in [3.8, 4) is 5.75 Å². The highest BCUT2D eigenvalue weighted by molar-refractivity contribution is 7.89. The molecule has 0 saturated heterocycles. The van der Waals surface area contributed by atoms with E-state index in [2.05, 4.69) is 10.5 Å². The van der Waals surface area contributed by atoms with Crippen molar-refractivity contribution in [2.75, 3.05) is 14.1 Å². The highest BCUT2D eigenvalue weighted by Crippen LogP contribution is 2.22. The van der Waals surface area contributed by atoms with Gasteiger partial charge in [-0.3, -0.25) is 4.79 Å². The fourth-order valence-corrected chi connectivity index (χ4v) is 3.20. The van der Waals surface area contributed by atoms with Crippen LogP contribution in [0.1, 0.15) is 22.8 Å². The lowest BCUT2D eigenvalue weighted by Gasteiger charge is -2.12. The molecular formula is C17H17ClFN3O4S. The molecule has 0 unspecified atom stereocenters. The van der Waals surface area contributed by atoms with E-state index < -0.39 is 27.3 Å². The van der Waals surface area contributed by atoms with Crippen molar-refractivity contribution >= 4 is 33.2 Å². The molecule has 0 bridgehead atoms. The van der Waals surface area contributed by atoms with Gasteiger partial charge < -0.3 is 5.11 Å². The Kier molecular flexibility index (Phi) is 6.19. The zero-order valence-corrected chi connectivity index (χ0v) is 16.3. The molecule has 2 N–H and O–H groups in total. The summed E-state index contributed by atoms with van der Waals surface area (Å²) in [5.74, 6) is -1.94. The molecule has 0 fully saturated rings. The van der Waals surface area contributed by atoms with E-state index in [9.17, 15) is 22.7 Å². The van der Waals surface area contributed by atoms with Crippen LogP contribution in [0.15, 0.2) is 46.4 Å². The third-order valence-electron chi connectivity index (χ3n) is 3.63. The second-order valence-electron chi connectivity index (χ2n) is 5.73. The van der Waals surface area contributed by atoms with Crippen LogP contribution in [0, 0.1) is 5.82 Å². The number of carbonyl (C=O) groups is 1. The minimum Gasteiger partial charge on any atom is -0.507 e. The summed E-state index contributed by atoms with van der Waals surface area (Å²) in [7, 11) is -1.19. The number of hydrazone groups is 1. The molecule has 27 heavy (non-hydrogen) atoms. The van der Waals surface area contributed by atoms with Crippen LogP contribution in [0.2, 0.25) is 5.02 Å². The molecule has 2 aromatic rings. The van der Waals surface area contributed by atoms with Gasteiger partial charge in [0, 0.05) is 24.7 Å². The van der Waals surface area contributed by atoms with Gasteiger partial charge in [-0.05, 0) is 43.3 Å². The molecule has 0 radical (unpaired) electrons. The predicted octanol–water partition coefficient (Wildman–Crippen LogP) is 2.59. The largest absolute Gasteiger partial charge is 0.507 e. The fraction of sp³-hybridized carbons (Fsp3) is 0.176. The fourth-order valence-electron chi connectivity index (χ4n) is 2.10. The van der Waals surface area contributed by atoms with Crippen molar-refractivity contribution in [1.82, 2.24) is 9.73 Å². The number of halogens is 2. The van der Waals surface area contributed by atoms with Crippen molar-refractivity contribution in [3.63, 3.8) is 0 Å². The van der Waals surface area contributed by atoms with Gasteiger partial charge in [0.1, 0.15) is 11.6 Å². The van der Waals surface area contributed by atoms with Crippen LogP contribution in [0.25, 0.3) is 0 Å². The molecule has 2 aromatic carbocycles. The minimum atomic E-state index is -3.83. The van der Waals surface area contributed by atoms with Gasteiger partial charge in [-0.15, -0.1) is 0 Å². The molecular weight excluding hydrogens is 397 g/mol. The average Bonchev–Trinajstić information content (AvgIpc) is 2.61. The van der Waals surface area contributed by atoms with E-state index >= 15 is 0 Å². The maximum absolute atomic E-state index is 14.0. The lowest BCUT2D eigenvalue weighted by atomic mass is 10.1. The minimum absolute atomic E-state index is 0.0971. The zero-order chi connectivity index (χ0) is 20.4. The van der Waals surface area contributed by atoms with Crippen LogP contribution in [-0.4, -0.2) is 43.5 Å². The summed E-state index contributed by atoms with van der Waals surface area (Å²) in [6.45, 7) is 1.51. The summed E-state index contributed by atoms with van der Waals surface area (Å²) >= 11 is 5.86. The third kappa shape index (κ3) is 4.62. The number of benzene rings is 2. The van der Waals surface area contributed by atoms with Crippen LogP contribution in [0.3, 0.4) is 0 Å². The predicted molar refractivity (Wildman–Crippen MR) is 100 cm³/mol. The Balaban J connectivity index is 2.32. The molecule has 10 heteroatoms. The van der Waals surface area contributed by atoms with Crippen molar-refractivity contribution in [1.29, 1.82) is 0 Å². The molecule has 2 rings (SSSR count). The number of hydrogen-bond donors (Lipinski definition) is 2. The SMILES string of the molecule is CC(=NNC(=O)c1cc(S(=O)(=O)N(C)C)ccc1F)c1cc(Cl)ccc1O. The topological polar surface area (TPSA) is 99.1 Å². The smallest absolute Gasteiger partial charge is 0.274 e. The first kappa shape index (κ1) is 20.8. The highest BCUT2D eigenvalue weighted by Gasteiger charge is 2.21. The summed E-state index contributed by atoms with van der Waals surface area (Å²) < 4.78 is 39.2. The number of phenols is 1. The van der Waals surface area contributed by atoms with E-state index in [0.717, 1.165) is 22.5 Å².